The minimum atomic E-state index is -3.67. The van der Waals surface area contributed by atoms with Gasteiger partial charge >= 0.3 is 0 Å². The van der Waals surface area contributed by atoms with Crippen LogP contribution in [0.4, 0.5) is 5.69 Å². The van der Waals surface area contributed by atoms with Crippen molar-refractivity contribution in [3.8, 4) is 11.5 Å². The van der Waals surface area contributed by atoms with Crippen molar-refractivity contribution in [3.05, 3.63) is 48.0 Å². The Balaban J connectivity index is 1.85. The first kappa shape index (κ1) is 22.1. The molecule has 7 nitrogen and oxygen atoms in total. The molecule has 162 valence electrons. The number of ether oxygens (including phenoxy) is 2. The maximum Gasteiger partial charge on any atom is 0.259 e. The molecule has 0 unspecified atom stereocenters. The summed E-state index contributed by atoms with van der Waals surface area (Å²) in [6, 6.07) is 11.4. The highest BCUT2D eigenvalue weighted by Crippen LogP contribution is 2.27. The minimum Gasteiger partial charge on any atom is -0.496 e. The summed E-state index contributed by atoms with van der Waals surface area (Å²) >= 11 is 0. The highest BCUT2D eigenvalue weighted by Gasteiger charge is 2.27. The monoisotopic (exact) mass is 432 g/mol. The number of methoxy groups -OCH3 is 1. The smallest absolute Gasteiger partial charge is 0.259 e. The number of hydrogen-bond acceptors (Lipinski definition) is 5. The molecule has 0 radical (unpaired) electrons. The highest BCUT2D eigenvalue weighted by molar-refractivity contribution is 7.89. The molecular weight excluding hydrogens is 404 g/mol. The summed E-state index contributed by atoms with van der Waals surface area (Å²) in [7, 11) is -2.22. The van der Waals surface area contributed by atoms with Gasteiger partial charge < -0.3 is 14.8 Å². The van der Waals surface area contributed by atoms with Gasteiger partial charge in [-0.15, -0.1) is 0 Å². The number of carbonyl (C=O) groups is 1. The Kier molecular flexibility index (Phi) is 7.33. The van der Waals surface area contributed by atoms with Crippen molar-refractivity contribution < 1.29 is 22.7 Å². The molecule has 30 heavy (non-hydrogen) atoms. The third-order valence-corrected chi connectivity index (χ3v) is 6.94. The zero-order chi connectivity index (χ0) is 21.6. The van der Waals surface area contributed by atoms with Gasteiger partial charge in [-0.05, 0) is 62.2 Å². The van der Waals surface area contributed by atoms with E-state index < -0.39 is 15.9 Å². The lowest BCUT2D eigenvalue weighted by molar-refractivity contribution is 0.102. The summed E-state index contributed by atoms with van der Waals surface area (Å²) in [5.74, 6) is 0.579. The molecule has 0 aromatic heterocycles. The Morgan fingerprint density at radius 1 is 1.03 bits per heavy atom. The summed E-state index contributed by atoms with van der Waals surface area (Å²) in [5.41, 5.74) is 0.744. The minimum absolute atomic E-state index is 0.0991. The van der Waals surface area contributed by atoms with Crippen LogP contribution in [0.1, 0.15) is 43.0 Å². The SMILES string of the molecule is CCOc1ccc(NC(=O)c2cc(S(=O)(=O)N3CCCCCC3)ccc2OC)cc1. The van der Waals surface area contributed by atoms with E-state index in [9.17, 15) is 13.2 Å². The van der Waals surface area contributed by atoms with Gasteiger partial charge in [-0.1, -0.05) is 12.8 Å². The molecule has 0 bridgehead atoms. The van der Waals surface area contributed by atoms with Crippen LogP contribution >= 0.6 is 0 Å². The van der Waals surface area contributed by atoms with Gasteiger partial charge in [-0.25, -0.2) is 8.42 Å². The molecular formula is C22H28N2O5S. The number of hydrogen-bond donors (Lipinski definition) is 1. The molecule has 3 rings (SSSR count). The second kappa shape index (κ2) is 9.95. The lowest BCUT2D eigenvalue weighted by Crippen LogP contribution is -2.32. The average Bonchev–Trinajstić information content (AvgIpc) is 3.05. The number of nitrogens with one attached hydrogen (secondary N) is 1. The van der Waals surface area contributed by atoms with Crippen LogP contribution in [0.25, 0.3) is 0 Å². The van der Waals surface area contributed by atoms with Crippen LogP contribution in [-0.2, 0) is 10.0 Å². The van der Waals surface area contributed by atoms with E-state index in [1.807, 2.05) is 6.92 Å². The van der Waals surface area contributed by atoms with Crippen molar-refractivity contribution in [2.45, 2.75) is 37.5 Å². The number of rotatable bonds is 7. The van der Waals surface area contributed by atoms with Crippen LogP contribution in [0.15, 0.2) is 47.4 Å². The Bertz CT molecular complexity index is 966. The maximum atomic E-state index is 13.1. The summed E-state index contributed by atoms with van der Waals surface area (Å²) in [6.45, 7) is 3.46. The fraction of sp³-hybridized carbons (Fsp3) is 0.409. The van der Waals surface area contributed by atoms with Gasteiger partial charge in [0.2, 0.25) is 10.0 Å². The van der Waals surface area contributed by atoms with Crippen molar-refractivity contribution >= 4 is 21.6 Å². The third kappa shape index (κ3) is 5.12. The van der Waals surface area contributed by atoms with Crippen molar-refractivity contribution in [3.63, 3.8) is 0 Å². The molecule has 8 heteroatoms. The fourth-order valence-corrected chi connectivity index (χ4v) is 5.00. The molecule has 2 aromatic rings. The molecule has 1 saturated heterocycles. The third-order valence-electron chi connectivity index (χ3n) is 5.04. The topological polar surface area (TPSA) is 84.9 Å². The van der Waals surface area contributed by atoms with E-state index in [1.165, 1.54) is 29.6 Å². The molecule has 0 spiro atoms. The molecule has 1 aliphatic heterocycles. The first-order chi connectivity index (χ1) is 14.5. The normalized spacial score (nSPS) is 15.3. The Hall–Kier alpha value is -2.58. The number of sulfonamides is 1. The van der Waals surface area contributed by atoms with Crippen LogP contribution in [0.5, 0.6) is 11.5 Å². The number of anilines is 1. The Morgan fingerprint density at radius 2 is 1.70 bits per heavy atom. The van der Waals surface area contributed by atoms with Gasteiger partial charge in [-0.2, -0.15) is 4.31 Å². The Labute approximate surface area is 178 Å². The van der Waals surface area contributed by atoms with Gasteiger partial charge in [-0.3, -0.25) is 4.79 Å². The van der Waals surface area contributed by atoms with Crippen LogP contribution in [0, 0.1) is 0 Å². The van der Waals surface area contributed by atoms with Crippen molar-refractivity contribution in [1.29, 1.82) is 0 Å². The van der Waals surface area contributed by atoms with Gasteiger partial charge in [0.25, 0.3) is 5.91 Å². The summed E-state index contributed by atoms with van der Waals surface area (Å²) in [4.78, 5) is 13.0. The highest BCUT2D eigenvalue weighted by atomic mass is 32.2. The molecule has 1 heterocycles. The predicted octanol–water partition coefficient (Wildman–Crippen LogP) is 3.91. The quantitative estimate of drug-likeness (QED) is 0.717. The zero-order valence-electron chi connectivity index (χ0n) is 17.4. The second-order valence-corrected chi connectivity index (χ2v) is 9.03. The number of nitrogens with zero attached hydrogens (tertiary/aromatic N) is 1. The lowest BCUT2D eigenvalue weighted by Gasteiger charge is -2.20. The van der Waals surface area contributed by atoms with Crippen LogP contribution in [-0.4, -0.2) is 45.4 Å². The molecule has 0 atom stereocenters. The first-order valence-corrected chi connectivity index (χ1v) is 11.6. The molecule has 1 fully saturated rings. The lowest BCUT2D eigenvalue weighted by atomic mass is 10.2. The first-order valence-electron chi connectivity index (χ1n) is 10.2. The second-order valence-electron chi connectivity index (χ2n) is 7.09. The van der Waals surface area contributed by atoms with Gasteiger partial charge in [0.05, 0.1) is 24.2 Å². The van der Waals surface area contributed by atoms with E-state index in [2.05, 4.69) is 5.32 Å². The van der Waals surface area contributed by atoms with E-state index >= 15 is 0 Å². The Morgan fingerprint density at radius 3 is 2.30 bits per heavy atom. The van der Waals surface area contributed by atoms with Gasteiger partial charge in [0.15, 0.2) is 0 Å². The standard InChI is InChI=1S/C22H28N2O5S/c1-3-29-18-10-8-17(9-11-18)23-22(25)20-16-19(12-13-21(20)28-2)30(26,27)24-14-6-4-5-7-15-24/h8-13,16H,3-7,14-15H2,1-2H3,(H,23,25). The molecule has 1 N–H and O–H groups in total. The van der Waals surface area contributed by atoms with Crippen LogP contribution in [0.2, 0.25) is 0 Å². The largest absolute Gasteiger partial charge is 0.496 e. The molecule has 1 amide bonds. The maximum absolute atomic E-state index is 13.1. The van der Waals surface area contributed by atoms with Gasteiger partial charge in [0, 0.05) is 18.8 Å². The molecule has 2 aromatic carbocycles. The number of carbonyl (C=O) groups excluding carboxylic acids is 1. The molecule has 0 aliphatic carbocycles. The molecule has 1 aliphatic rings. The van der Waals surface area contributed by atoms with Crippen LogP contribution < -0.4 is 14.8 Å². The van der Waals surface area contributed by atoms with Crippen molar-refractivity contribution in [1.82, 2.24) is 4.31 Å². The number of benzene rings is 2. The zero-order valence-corrected chi connectivity index (χ0v) is 18.2. The summed E-state index contributed by atoms with van der Waals surface area (Å²) in [5, 5.41) is 2.79. The van der Waals surface area contributed by atoms with E-state index in [0.717, 1.165) is 25.7 Å². The average molecular weight is 433 g/mol. The van der Waals surface area contributed by atoms with Crippen molar-refractivity contribution in [2.75, 3.05) is 32.1 Å². The molecule has 0 saturated carbocycles. The van der Waals surface area contributed by atoms with E-state index in [-0.39, 0.29) is 10.5 Å². The van der Waals surface area contributed by atoms with Gasteiger partial charge in [0.1, 0.15) is 11.5 Å². The van der Waals surface area contributed by atoms with E-state index in [4.69, 9.17) is 9.47 Å². The fourth-order valence-electron chi connectivity index (χ4n) is 3.46. The van der Waals surface area contributed by atoms with Crippen LogP contribution in [0.3, 0.4) is 0 Å². The summed E-state index contributed by atoms with van der Waals surface area (Å²) < 4.78 is 38.4. The predicted molar refractivity (Wildman–Crippen MR) is 116 cm³/mol. The van der Waals surface area contributed by atoms with Crippen molar-refractivity contribution in [2.24, 2.45) is 0 Å². The van der Waals surface area contributed by atoms with E-state index in [1.54, 1.807) is 24.3 Å². The van der Waals surface area contributed by atoms with E-state index in [0.29, 0.717) is 36.9 Å². The summed E-state index contributed by atoms with van der Waals surface area (Å²) in [6.07, 6.45) is 3.76. The number of amides is 1.